The fraction of sp³-hybridized carbons (Fsp3) is 0.222. The molecule has 4 heteroatoms. The third-order valence-electron chi connectivity index (χ3n) is 3.69. The summed E-state index contributed by atoms with van der Waals surface area (Å²) in [6.07, 6.45) is 0.776. The molecular formula is C18H18N2OS. The van der Waals surface area contributed by atoms with Gasteiger partial charge in [-0.05, 0) is 37.1 Å². The summed E-state index contributed by atoms with van der Waals surface area (Å²) < 4.78 is 1.10. The van der Waals surface area contributed by atoms with Crippen molar-refractivity contribution in [1.29, 1.82) is 0 Å². The Labute approximate surface area is 134 Å². The fourth-order valence-corrected chi connectivity index (χ4v) is 3.47. The van der Waals surface area contributed by atoms with Crippen molar-refractivity contribution in [3.63, 3.8) is 0 Å². The second-order valence-electron chi connectivity index (χ2n) is 5.28. The summed E-state index contributed by atoms with van der Waals surface area (Å²) in [5.74, 6) is -0.0885. The quantitative estimate of drug-likeness (QED) is 0.756. The first-order valence-corrected chi connectivity index (χ1v) is 8.22. The summed E-state index contributed by atoms with van der Waals surface area (Å²) in [4.78, 5) is 17.0. The van der Waals surface area contributed by atoms with E-state index in [0.717, 1.165) is 32.9 Å². The highest BCUT2D eigenvalue weighted by Gasteiger charge is 2.18. The van der Waals surface area contributed by atoms with Crippen LogP contribution in [0.5, 0.6) is 0 Å². The van der Waals surface area contributed by atoms with E-state index in [-0.39, 0.29) is 11.8 Å². The molecule has 1 N–H and O–H groups in total. The number of carbonyl (C=O) groups excluding carboxylic acids is 1. The van der Waals surface area contributed by atoms with Crippen molar-refractivity contribution in [1.82, 2.24) is 4.98 Å². The molecule has 0 fully saturated rings. The van der Waals surface area contributed by atoms with Crippen molar-refractivity contribution in [2.45, 2.75) is 26.2 Å². The van der Waals surface area contributed by atoms with Crippen molar-refractivity contribution in [2.75, 3.05) is 5.32 Å². The summed E-state index contributed by atoms with van der Waals surface area (Å²) in [5.41, 5.74) is 2.86. The summed E-state index contributed by atoms with van der Waals surface area (Å²) in [7, 11) is 0. The van der Waals surface area contributed by atoms with E-state index in [4.69, 9.17) is 0 Å². The van der Waals surface area contributed by atoms with Gasteiger partial charge in [-0.1, -0.05) is 37.3 Å². The van der Waals surface area contributed by atoms with Gasteiger partial charge in [0.25, 0.3) is 0 Å². The normalized spacial score (nSPS) is 12.3. The molecule has 0 spiro atoms. The van der Waals surface area contributed by atoms with Gasteiger partial charge < -0.3 is 5.32 Å². The number of nitrogens with one attached hydrogen (secondary N) is 1. The number of carbonyl (C=O) groups is 1. The van der Waals surface area contributed by atoms with Gasteiger partial charge in [0.15, 0.2) is 0 Å². The summed E-state index contributed by atoms with van der Waals surface area (Å²) in [6, 6.07) is 15.8. The number of rotatable bonds is 4. The van der Waals surface area contributed by atoms with Crippen molar-refractivity contribution in [3.05, 3.63) is 59.1 Å². The molecule has 3 aromatic rings. The molecule has 0 saturated carbocycles. The van der Waals surface area contributed by atoms with Gasteiger partial charge in [0.2, 0.25) is 5.91 Å². The SMILES string of the molecule is CC[C@@H](C(=O)Nc1ccc2nc(C)sc2c1)c1ccccc1. The summed E-state index contributed by atoms with van der Waals surface area (Å²) in [5, 5.41) is 4.07. The number of thiazole rings is 1. The van der Waals surface area contributed by atoms with Crippen LogP contribution >= 0.6 is 11.3 Å². The molecule has 0 aliphatic carbocycles. The molecule has 2 aromatic carbocycles. The Morgan fingerprint density at radius 1 is 1.23 bits per heavy atom. The maximum absolute atomic E-state index is 12.6. The van der Waals surface area contributed by atoms with Crippen LogP contribution in [0, 0.1) is 6.92 Å². The van der Waals surface area contributed by atoms with Crippen molar-refractivity contribution in [3.8, 4) is 0 Å². The van der Waals surface area contributed by atoms with Gasteiger partial charge in [-0.15, -0.1) is 11.3 Å². The van der Waals surface area contributed by atoms with Crippen LogP contribution in [0.1, 0.15) is 29.8 Å². The zero-order valence-electron chi connectivity index (χ0n) is 12.7. The number of nitrogens with zero attached hydrogens (tertiary/aromatic N) is 1. The fourth-order valence-electron chi connectivity index (χ4n) is 2.60. The summed E-state index contributed by atoms with van der Waals surface area (Å²) >= 11 is 1.64. The molecular weight excluding hydrogens is 292 g/mol. The zero-order chi connectivity index (χ0) is 15.5. The standard InChI is InChI=1S/C18H18N2OS/c1-3-15(13-7-5-4-6-8-13)18(21)20-14-9-10-16-17(11-14)22-12(2)19-16/h4-11,15H,3H2,1-2H3,(H,20,21)/t15-/m1/s1. The Bertz CT molecular complexity index is 795. The largest absolute Gasteiger partial charge is 0.326 e. The van der Waals surface area contributed by atoms with Gasteiger partial charge in [-0.3, -0.25) is 4.79 Å². The lowest BCUT2D eigenvalue weighted by atomic mass is 9.95. The van der Waals surface area contributed by atoms with Gasteiger partial charge in [-0.25, -0.2) is 4.98 Å². The van der Waals surface area contributed by atoms with Crippen LogP contribution in [-0.4, -0.2) is 10.9 Å². The predicted molar refractivity (Wildman–Crippen MR) is 92.5 cm³/mol. The average molecular weight is 310 g/mol. The topological polar surface area (TPSA) is 42.0 Å². The number of aryl methyl sites for hydroxylation is 1. The number of benzene rings is 2. The molecule has 3 rings (SSSR count). The van der Waals surface area contributed by atoms with Crippen LogP contribution in [0.15, 0.2) is 48.5 Å². The first-order valence-electron chi connectivity index (χ1n) is 7.40. The van der Waals surface area contributed by atoms with Crippen molar-refractivity contribution >= 4 is 33.1 Å². The molecule has 22 heavy (non-hydrogen) atoms. The van der Waals surface area contributed by atoms with Gasteiger partial charge in [0.05, 0.1) is 21.1 Å². The van der Waals surface area contributed by atoms with E-state index in [2.05, 4.69) is 10.3 Å². The smallest absolute Gasteiger partial charge is 0.231 e. The van der Waals surface area contributed by atoms with Gasteiger partial charge in [-0.2, -0.15) is 0 Å². The molecule has 0 radical (unpaired) electrons. The second-order valence-corrected chi connectivity index (χ2v) is 6.51. The maximum atomic E-state index is 12.6. The molecule has 0 bridgehead atoms. The Kier molecular flexibility index (Phi) is 4.20. The third-order valence-corrected chi connectivity index (χ3v) is 4.62. The molecule has 0 saturated heterocycles. The molecule has 3 nitrogen and oxygen atoms in total. The predicted octanol–water partition coefficient (Wildman–Crippen LogP) is 4.74. The highest BCUT2D eigenvalue weighted by atomic mass is 32.1. The summed E-state index contributed by atoms with van der Waals surface area (Å²) in [6.45, 7) is 4.03. The number of hydrogen-bond acceptors (Lipinski definition) is 3. The molecule has 112 valence electrons. The van der Waals surface area contributed by atoms with Crippen LogP contribution in [0.4, 0.5) is 5.69 Å². The molecule has 0 aliphatic rings. The number of anilines is 1. The minimum absolute atomic E-state index is 0.0364. The van der Waals surface area contributed by atoms with Crippen LogP contribution in [-0.2, 0) is 4.79 Å². The molecule has 0 unspecified atom stereocenters. The van der Waals surface area contributed by atoms with E-state index in [1.54, 1.807) is 11.3 Å². The van der Waals surface area contributed by atoms with Crippen LogP contribution in [0.2, 0.25) is 0 Å². The third kappa shape index (κ3) is 3.02. The van der Waals surface area contributed by atoms with Crippen LogP contribution < -0.4 is 5.32 Å². The van der Waals surface area contributed by atoms with Gasteiger partial charge in [0, 0.05) is 5.69 Å². The maximum Gasteiger partial charge on any atom is 0.231 e. The van der Waals surface area contributed by atoms with Crippen molar-refractivity contribution < 1.29 is 4.79 Å². The van der Waals surface area contributed by atoms with Gasteiger partial charge in [0.1, 0.15) is 0 Å². The molecule has 1 amide bonds. The molecule has 0 aliphatic heterocycles. The van der Waals surface area contributed by atoms with Gasteiger partial charge >= 0.3 is 0 Å². The first kappa shape index (κ1) is 14.7. The van der Waals surface area contributed by atoms with E-state index < -0.39 is 0 Å². The highest BCUT2D eigenvalue weighted by molar-refractivity contribution is 7.18. The van der Waals surface area contributed by atoms with Crippen LogP contribution in [0.3, 0.4) is 0 Å². The molecule has 1 heterocycles. The van der Waals surface area contributed by atoms with E-state index in [1.807, 2.05) is 62.4 Å². The number of fused-ring (bicyclic) bond motifs is 1. The lowest BCUT2D eigenvalue weighted by Crippen LogP contribution is -2.20. The van der Waals surface area contributed by atoms with E-state index in [0.29, 0.717) is 0 Å². The minimum atomic E-state index is -0.125. The number of hydrogen-bond donors (Lipinski definition) is 1. The lowest BCUT2D eigenvalue weighted by molar-refractivity contribution is -0.117. The Hall–Kier alpha value is -2.20. The first-order chi connectivity index (χ1) is 10.7. The molecule has 1 aromatic heterocycles. The Morgan fingerprint density at radius 3 is 2.73 bits per heavy atom. The monoisotopic (exact) mass is 310 g/mol. The number of amides is 1. The van der Waals surface area contributed by atoms with E-state index in [9.17, 15) is 4.79 Å². The Morgan fingerprint density at radius 2 is 2.00 bits per heavy atom. The second kappa shape index (κ2) is 6.28. The number of aromatic nitrogens is 1. The van der Waals surface area contributed by atoms with Crippen molar-refractivity contribution in [2.24, 2.45) is 0 Å². The molecule has 1 atom stereocenters. The van der Waals surface area contributed by atoms with E-state index in [1.165, 1.54) is 0 Å². The minimum Gasteiger partial charge on any atom is -0.326 e. The Balaban J connectivity index is 1.82. The van der Waals surface area contributed by atoms with Crippen LogP contribution in [0.25, 0.3) is 10.2 Å². The lowest BCUT2D eigenvalue weighted by Gasteiger charge is -2.15. The van der Waals surface area contributed by atoms with E-state index >= 15 is 0 Å². The highest BCUT2D eigenvalue weighted by Crippen LogP contribution is 2.26. The average Bonchev–Trinajstić information content (AvgIpc) is 2.88. The zero-order valence-corrected chi connectivity index (χ0v) is 13.5.